The van der Waals surface area contributed by atoms with E-state index in [1.165, 1.54) is 0 Å². The fraction of sp³-hybridized carbons (Fsp3) is 0.0833. The number of hydrogen-bond acceptors (Lipinski definition) is 4. The largest absolute Gasteiger partial charge is 0.223 e. The van der Waals surface area contributed by atoms with Gasteiger partial charge in [-0.3, -0.25) is 0 Å². The molecule has 2 rings (SSSR count). The van der Waals surface area contributed by atoms with Gasteiger partial charge in [0.1, 0.15) is 10.3 Å². The van der Waals surface area contributed by atoms with Gasteiger partial charge in [-0.25, -0.2) is 8.42 Å². The highest BCUT2D eigenvalue weighted by atomic mass is 35.5. The van der Waals surface area contributed by atoms with Gasteiger partial charge in [0.05, 0.1) is 15.6 Å². The maximum atomic E-state index is 11.6. The minimum atomic E-state index is -3.41. The zero-order valence-corrected chi connectivity index (χ0v) is 12.8. The molecule has 1 aromatic carbocycles. The van der Waals surface area contributed by atoms with Gasteiger partial charge in [0.15, 0.2) is 9.84 Å². The summed E-state index contributed by atoms with van der Waals surface area (Å²) in [7, 11) is -3.41. The average Bonchev–Trinajstić information content (AvgIpc) is 2.76. The summed E-state index contributed by atoms with van der Waals surface area (Å²) in [5.74, 6) is 0. The van der Waals surface area contributed by atoms with Crippen LogP contribution in [0.25, 0.3) is 11.1 Å². The van der Waals surface area contributed by atoms with Crippen LogP contribution in [-0.2, 0) is 9.84 Å². The summed E-state index contributed by atoms with van der Waals surface area (Å²) in [6.45, 7) is 0. The third-order valence-electron chi connectivity index (χ3n) is 2.44. The zero-order chi connectivity index (χ0) is 14.2. The second-order valence-electron chi connectivity index (χ2n) is 3.82. The van der Waals surface area contributed by atoms with Crippen LogP contribution in [0.2, 0.25) is 10.0 Å². The molecule has 0 aliphatic heterocycles. The van der Waals surface area contributed by atoms with E-state index in [0.717, 1.165) is 17.6 Å². The molecule has 0 fully saturated rings. The highest BCUT2D eigenvalue weighted by Gasteiger charge is 2.20. The summed E-state index contributed by atoms with van der Waals surface area (Å²) in [4.78, 5) is 0. The second kappa shape index (κ2) is 5.14. The first kappa shape index (κ1) is 14.4. The molecule has 2 aromatic rings. The van der Waals surface area contributed by atoms with Crippen LogP contribution in [-0.4, -0.2) is 14.7 Å². The molecule has 0 aliphatic carbocycles. The molecule has 0 bridgehead atoms. The van der Waals surface area contributed by atoms with E-state index < -0.39 is 9.84 Å². The Morgan fingerprint density at radius 3 is 2.47 bits per heavy atom. The number of hydrogen-bond donors (Lipinski definition) is 0. The normalized spacial score (nSPS) is 11.3. The Morgan fingerprint density at radius 2 is 1.95 bits per heavy atom. The molecule has 1 heterocycles. The number of halogens is 2. The average molecular weight is 332 g/mol. The van der Waals surface area contributed by atoms with Crippen molar-refractivity contribution >= 4 is 44.4 Å². The Kier molecular flexibility index (Phi) is 3.88. The molecule has 19 heavy (non-hydrogen) atoms. The first-order valence-electron chi connectivity index (χ1n) is 5.01. The van der Waals surface area contributed by atoms with Crippen LogP contribution >= 0.6 is 34.5 Å². The maximum absolute atomic E-state index is 11.6. The number of thiophene rings is 1. The predicted octanol–water partition coefficient (Wildman–Crippen LogP) is 4.00. The van der Waals surface area contributed by atoms with E-state index in [4.69, 9.17) is 28.5 Å². The number of nitriles is 1. The summed E-state index contributed by atoms with van der Waals surface area (Å²) in [6, 6.07) is 6.86. The lowest BCUT2D eigenvalue weighted by Crippen LogP contribution is -1.96. The maximum Gasteiger partial charge on any atom is 0.186 e. The Labute approximate surface area is 124 Å². The fourth-order valence-electron chi connectivity index (χ4n) is 1.59. The van der Waals surface area contributed by atoms with Crippen molar-refractivity contribution in [3.63, 3.8) is 0 Å². The zero-order valence-electron chi connectivity index (χ0n) is 9.65. The van der Waals surface area contributed by atoms with E-state index in [2.05, 4.69) is 0 Å². The van der Waals surface area contributed by atoms with Crippen LogP contribution in [0.1, 0.15) is 5.56 Å². The first-order chi connectivity index (χ1) is 8.84. The van der Waals surface area contributed by atoms with E-state index in [-0.39, 0.29) is 9.77 Å². The van der Waals surface area contributed by atoms with Crippen molar-refractivity contribution in [1.29, 1.82) is 5.26 Å². The molecule has 3 nitrogen and oxygen atoms in total. The lowest BCUT2D eigenvalue weighted by Gasteiger charge is -2.02. The van der Waals surface area contributed by atoms with Crippen molar-refractivity contribution in [2.24, 2.45) is 0 Å². The minimum Gasteiger partial charge on any atom is -0.223 e. The van der Waals surface area contributed by atoms with Gasteiger partial charge in [-0.2, -0.15) is 5.26 Å². The molecular formula is C12H7Cl2NO2S2. The van der Waals surface area contributed by atoms with E-state index in [9.17, 15) is 8.42 Å². The molecule has 7 heteroatoms. The third-order valence-corrected chi connectivity index (χ3v) is 6.02. The van der Waals surface area contributed by atoms with Gasteiger partial charge in [-0.15, -0.1) is 11.3 Å². The van der Waals surface area contributed by atoms with Crippen LogP contribution in [0.3, 0.4) is 0 Å². The van der Waals surface area contributed by atoms with Gasteiger partial charge < -0.3 is 0 Å². The molecule has 0 aliphatic rings. The first-order valence-corrected chi connectivity index (χ1v) is 8.54. The number of nitrogens with zero attached hydrogens (tertiary/aromatic N) is 1. The molecule has 1 aromatic heterocycles. The Morgan fingerprint density at radius 1 is 1.26 bits per heavy atom. The number of sulfone groups is 1. The van der Waals surface area contributed by atoms with Crippen molar-refractivity contribution in [3.8, 4) is 17.2 Å². The van der Waals surface area contributed by atoms with Crippen molar-refractivity contribution in [2.45, 2.75) is 4.21 Å². The third kappa shape index (κ3) is 2.77. The smallest absolute Gasteiger partial charge is 0.186 e. The van der Waals surface area contributed by atoms with Crippen LogP contribution in [0.4, 0.5) is 0 Å². The predicted molar refractivity (Wildman–Crippen MR) is 77.6 cm³/mol. The highest BCUT2D eigenvalue weighted by molar-refractivity contribution is 7.92. The fourth-order valence-corrected chi connectivity index (χ4v) is 4.02. The Balaban J connectivity index is 2.68. The van der Waals surface area contributed by atoms with Gasteiger partial charge in [0.25, 0.3) is 0 Å². The van der Waals surface area contributed by atoms with Crippen molar-refractivity contribution in [2.75, 3.05) is 6.26 Å². The van der Waals surface area contributed by atoms with Gasteiger partial charge in [-0.1, -0.05) is 29.3 Å². The van der Waals surface area contributed by atoms with Gasteiger partial charge >= 0.3 is 0 Å². The van der Waals surface area contributed by atoms with Crippen LogP contribution in [0, 0.1) is 11.3 Å². The molecule has 0 radical (unpaired) electrons. The summed E-state index contributed by atoms with van der Waals surface area (Å²) >= 11 is 12.8. The molecule has 0 saturated heterocycles. The van der Waals surface area contributed by atoms with Crippen molar-refractivity contribution in [3.05, 3.63) is 39.2 Å². The van der Waals surface area contributed by atoms with Crippen LogP contribution in [0.5, 0.6) is 0 Å². The van der Waals surface area contributed by atoms with E-state index >= 15 is 0 Å². The topological polar surface area (TPSA) is 57.9 Å². The number of rotatable bonds is 2. The van der Waals surface area contributed by atoms with Gasteiger partial charge in [0, 0.05) is 17.2 Å². The lowest BCUT2D eigenvalue weighted by atomic mass is 10.1. The van der Waals surface area contributed by atoms with Crippen molar-refractivity contribution in [1.82, 2.24) is 0 Å². The number of benzene rings is 1. The molecule has 0 amide bonds. The molecule has 98 valence electrons. The molecule has 0 N–H and O–H groups in total. The molecule has 0 atom stereocenters. The van der Waals surface area contributed by atoms with E-state index in [1.54, 1.807) is 23.6 Å². The highest BCUT2D eigenvalue weighted by Crippen LogP contribution is 2.36. The molecule has 0 spiro atoms. The summed E-state index contributed by atoms with van der Waals surface area (Å²) in [6.07, 6.45) is 1.08. The van der Waals surface area contributed by atoms with Crippen LogP contribution in [0.15, 0.2) is 27.8 Å². The summed E-state index contributed by atoms with van der Waals surface area (Å²) in [5.41, 5.74) is 1.36. The van der Waals surface area contributed by atoms with E-state index in [1.807, 2.05) is 6.07 Å². The summed E-state index contributed by atoms with van der Waals surface area (Å²) < 4.78 is 23.2. The van der Waals surface area contributed by atoms with E-state index in [0.29, 0.717) is 21.2 Å². The second-order valence-corrected chi connectivity index (χ2v) is 7.73. The van der Waals surface area contributed by atoms with Crippen LogP contribution < -0.4 is 0 Å². The Bertz CT molecular complexity index is 789. The molecule has 0 saturated carbocycles. The Hall–Kier alpha value is -1.06. The summed E-state index contributed by atoms with van der Waals surface area (Å²) in [5, 5.41) is 11.6. The SMILES string of the molecule is CS(=O)(=O)c1scc(-c2ccc(Cl)c(Cl)c2)c1C#N. The van der Waals surface area contributed by atoms with Gasteiger partial charge in [0.2, 0.25) is 0 Å². The molecular weight excluding hydrogens is 325 g/mol. The standard InChI is InChI=1S/C12H7Cl2NO2S2/c1-19(16,17)12-8(5-15)9(6-18-12)7-2-3-10(13)11(14)4-7/h2-4,6H,1H3. The monoisotopic (exact) mass is 331 g/mol. The van der Waals surface area contributed by atoms with Crippen molar-refractivity contribution < 1.29 is 8.42 Å². The van der Waals surface area contributed by atoms with Gasteiger partial charge in [-0.05, 0) is 17.7 Å². The molecule has 0 unspecified atom stereocenters. The quantitative estimate of drug-likeness (QED) is 0.835. The minimum absolute atomic E-state index is 0.0658. The lowest BCUT2D eigenvalue weighted by molar-refractivity contribution is 0.603.